The first-order valence-electron chi connectivity index (χ1n) is 7.63. The van der Waals surface area contributed by atoms with Crippen molar-refractivity contribution in [3.8, 4) is 0 Å². The van der Waals surface area contributed by atoms with Crippen LogP contribution in [0, 0.1) is 18.8 Å². The highest BCUT2D eigenvalue weighted by Gasteiger charge is 2.28. The van der Waals surface area contributed by atoms with Gasteiger partial charge in [-0.25, -0.2) is 4.98 Å². The number of hydrogen-bond donors (Lipinski definition) is 0. The average Bonchev–Trinajstić information content (AvgIpc) is 2.79. The number of alkyl halides is 1. The van der Waals surface area contributed by atoms with Crippen molar-refractivity contribution >= 4 is 22.6 Å². The molecule has 3 heteroatoms. The summed E-state index contributed by atoms with van der Waals surface area (Å²) in [5.74, 6) is 3.13. The average molecular weight is 291 g/mol. The van der Waals surface area contributed by atoms with Crippen LogP contribution >= 0.6 is 11.6 Å². The molecule has 20 heavy (non-hydrogen) atoms. The van der Waals surface area contributed by atoms with Crippen LogP contribution in [0.3, 0.4) is 0 Å². The molecule has 1 fully saturated rings. The van der Waals surface area contributed by atoms with Crippen LogP contribution in [-0.4, -0.2) is 9.55 Å². The van der Waals surface area contributed by atoms with E-state index in [1.807, 2.05) is 0 Å². The molecule has 0 amide bonds. The van der Waals surface area contributed by atoms with Crippen LogP contribution in [-0.2, 0) is 5.88 Å². The van der Waals surface area contributed by atoms with Crippen LogP contribution in [0.2, 0.25) is 0 Å². The second-order valence-corrected chi connectivity index (χ2v) is 6.71. The summed E-state index contributed by atoms with van der Waals surface area (Å²) in [4.78, 5) is 4.72. The lowest BCUT2D eigenvalue weighted by molar-refractivity contribution is 0.211. The van der Waals surface area contributed by atoms with Gasteiger partial charge in [-0.1, -0.05) is 19.9 Å². The van der Waals surface area contributed by atoms with E-state index in [1.165, 1.54) is 30.3 Å². The predicted octanol–water partition coefficient (Wildman–Crippen LogP) is 5.08. The molecule has 2 aromatic rings. The summed E-state index contributed by atoms with van der Waals surface area (Å²) in [6, 6.07) is 7.05. The van der Waals surface area contributed by atoms with Crippen molar-refractivity contribution in [2.75, 3.05) is 0 Å². The predicted molar refractivity (Wildman–Crippen MR) is 85.2 cm³/mol. The number of aromatic nitrogens is 2. The van der Waals surface area contributed by atoms with Gasteiger partial charge >= 0.3 is 0 Å². The SMILES string of the molecule is Cc1ccc2nc(CCl)n(C3CCC(C)C(C)C3)c2c1. The molecule has 1 aromatic heterocycles. The highest BCUT2D eigenvalue weighted by Crippen LogP contribution is 2.38. The maximum Gasteiger partial charge on any atom is 0.125 e. The summed E-state index contributed by atoms with van der Waals surface area (Å²) in [7, 11) is 0. The zero-order chi connectivity index (χ0) is 14.3. The zero-order valence-corrected chi connectivity index (χ0v) is 13.3. The molecule has 1 heterocycles. The molecule has 2 nitrogen and oxygen atoms in total. The van der Waals surface area contributed by atoms with E-state index in [9.17, 15) is 0 Å². The highest BCUT2D eigenvalue weighted by atomic mass is 35.5. The Kier molecular flexibility index (Phi) is 3.76. The fourth-order valence-corrected chi connectivity index (χ4v) is 3.70. The molecular formula is C17H23ClN2. The van der Waals surface area contributed by atoms with E-state index in [-0.39, 0.29) is 0 Å². The maximum atomic E-state index is 6.14. The van der Waals surface area contributed by atoms with Crippen molar-refractivity contribution in [1.82, 2.24) is 9.55 Å². The van der Waals surface area contributed by atoms with Crippen LogP contribution in [0.25, 0.3) is 11.0 Å². The molecule has 1 aliphatic carbocycles. The molecule has 0 radical (unpaired) electrons. The third-order valence-corrected chi connectivity index (χ3v) is 5.21. The standard InChI is InChI=1S/C17H23ClN2/c1-11-4-7-15-16(8-11)20(17(10-18)19-15)14-6-5-12(2)13(3)9-14/h4,7-8,12-14H,5-6,9-10H2,1-3H3. The van der Waals surface area contributed by atoms with Crippen molar-refractivity contribution in [2.45, 2.75) is 52.0 Å². The van der Waals surface area contributed by atoms with Gasteiger partial charge in [0.1, 0.15) is 5.82 Å². The summed E-state index contributed by atoms with van der Waals surface area (Å²) in [5.41, 5.74) is 3.63. The molecule has 3 unspecified atom stereocenters. The van der Waals surface area contributed by atoms with Gasteiger partial charge in [0.25, 0.3) is 0 Å². The second-order valence-electron chi connectivity index (χ2n) is 6.45. The van der Waals surface area contributed by atoms with Gasteiger partial charge < -0.3 is 4.57 Å². The topological polar surface area (TPSA) is 17.8 Å². The Morgan fingerprint density at radius 3 is 2.75 bits per heavy atom. The molecule has 3 atom stereocenters. The Morgan fingerprint density at radius 1 is 1.25 bits per heavy atom. The van der Waals surface area contributed by atoms with Gasteiger partial charge in [0, 0.05) is 6.04 Å². The van der Waals surface area contributed by atoms with E-state index < -0.39 is 0 Å². The lowest BCUT2D eigenvalue weighted by Crippen LogP contribution is -2.24. The molecule has 0 bridgehead atoms. The molecule has 1 saturated carbocycles. The molecule has 1 aromatic carbocycles. The van der Waals surface area contributed by atoms with E-state index >= 15 is 0 Å². The Labute approximate surface area is 126 Å². The Hall–Kier alpha value is -1.02. The van der Waals surface area contributed by atoms with Gasteiger partial charge in [0.2, 0.25) is 0 Å². The highest BCUT2D eigenvalue weighted by molar-refractivity contribution is 6.16. The zero-order valence-electron chi connectivity index (χ0n) is 12.6. The van der Waals surface area contributed by atoms with E-state index in [0.717, 1.165) is 23.2 Å². The monoisotopic (exact) mass is 290 g/mol. The van der Waals surface area contributed by atoms with Crippen molar-refractivity contribution in [3.63, 3.8) is 0 Å². The van der Waals surface area contributed by atoms with Gasteiger partial charge in [0.05, 0.1) is 16.9 Å². The molecule has 0 saturated heterocycles. The lowest BCUT2D eigenvalue weighted by atomic mass is 9.79. The molecule has 0 spiro atoms. The maximum absolute atomic E-state index is 6.14. The van der Waals surface area contributed by atoms with Crippen LogP contribution in [0.4, 0.5) is 0 Å². The molecule has 0 aliphatic heterocycles. The largest absolute Gasteiger partial charge is 0.324 e. The van der Waals surface area contributed by atoms with Crippen LogP contribution in [0.15, 0.2) is 18.2 Å². The van der Waals surface area contributed by atoms with Crippen molar-refractivity contribution in [1.29, 1.82) is 0 Å². The minimum absolute atomic E-state index is 0.494. The fourth-order valence-electron chi connectivity index (χ4n) is 3.51. The van der Waals surface area contributed by atoms with Gasteiger partial charge in [-0.2, -0.15) is 0 Å². The minimum atomic E-state index is 0.494. The van der Waals surface area contributed by atoms with E-state index in [1.54, 1.807) is 0 Å². The smallest absolute Gasteiger partial charge is 0.125 e. The van der Waals surface area contributed by atoms with Gasteiger partial charge in [-0.15, -0.1) is 11.6 Å². The first-order valence-corrected chi connectivity index (χ1v) is 8.17. The third kappa shape index (κ3) is 2.35. The number of hydrogen-bond acceptors (Lipinski definition) is 1. The summed E-state index contributed by atoms with van der Waals surface area (Å²) in [6.45, 7) is 6.89. The summed E-state index contributed by atoms with van der Waals surface area (Å²) < 4.78 is 2.41. The molecule has 3 rings (SSSR count). The lowest BCUT2D eigenvalue weighted by Gasteiger charge is -2.33. The van der Waals surface area contributed by atoms with E-state index in [0.29, 0.717) is 11.9 Å². The molecule has 108 valence electrons. The number of rotatable bonds is 2. The molecule has 0 N–H and O–H groups in total. The normalized spacial score (nSPS) is 27.1. The number of benzene rings is 1. The summed E-state index contributed by atoms with van der Waals surface area (Å²) in [6.07, 6.45) is 3.79. The number of halogens is 1. The van der Waals surface area contributed by atoms with E-state index in [2.05, 4.69) is 43.5 Å². The fraction of sp³-hybridized carbons (Fsp3) is 0.588. The Morgan fingerprint density at radius 2 is 2.05 bits per heavy atom. The van der Waals surface area contributed by atoms with Gasteiger partial charge in [-0.3, -0.25) is 0 Å². The van der Waals surface area contributed by atoms with Gasteiger partial charge in [0.15, 0.2) is 0 Å². The van der Waals surface area contributed by atoms with Crippen molar-refractivity contribution in [3.05, 3.63) is 29.6 Å². The van der Waals surface area contributed by atoms with Gasteiger partial charge in [-0.05, 0) is 55.7 Å². The molecular weight excluding hydrogens is 268 g/mol. The number of imidazole rings is 1. The van der Waals surface area contributed by atoms with Crippen LogP contribution < -0.4 is 0 Å². The minimum Gasteiger partial charge on any atom is -0.324 e. The Balaban J connectivity index is 2.07. The van der Waals surface area contributed by atoms with E-state index in [4.69, 9.17) is 16.6 Å². The first kappa shape index (κ1) is 13.9. The summed E-state index contributed by atoms with van der Waals surface area (Å²) in [5, 5.41) is 0. The number of fused-ring (bicyclic) bond motifs is 1. The second kappa shape index (κ2) is 5.40. The number of nitrogens with zero attached hydrogens (tertiary/aromatic N) is 2. The van der Waals surface area contributed by atoms with Crippen LogP contribution in [0.5, 0.6) is 0 Å². The number of aryl methyl sites for hydroxylation is 1. The Bertz CT molecular complexity index is 617. The van der Waals surface area contributed by atoms with Crippen molar-refractivity contribution < 1.29 is 0 Å². The summed E-state index contributed by atoms with van der Waals surface area (Å²) >= 11 is 6.14. The van der Waals surface area contributed by atoms with Crippen LogP contribution in [0.1, 0.15) is 50.5 Å². The first-order chi connectivity index (χ1) is 9.60. The third-order valence-electron chi connectivity index (χ3n) is 4.97. The van der Waals surface area contributed by atoms with Crippen molar-refractivity contribution in [2.24, 2.45) is 11.8 Å². The molecule has 1 aliphatic rings. The quantitative estimate of drug-likeness (QED) is 0.705.